The maximum atomic E-state index is 14.8. The number of carbonyl (C=O) groups is 7. The van der Waals surface area contributed by atoms with E-state index in [1.165, 1.54) is 12.0 Å². The molecule has 15 atom stereocenters. The molecule has 1 amide bonds. The zero-order chi connectivity index (χ0) is 60.4. The van der Waals surface area contributed by atoms with Crippen molar-refractivity contribution >= 4 is 41.2 Å². The number of nitrogens with zero attached hydrogens (tertiary/aromatic N) is 3. The average Bonchev–Trinajstić information content (AvgIpc) is 2.72. The predicted molar refractivity (Wildman–Crippen MR) is 306 cm³/mol. The number of hydrogen-bond acceptors (Lipinski definition) is 15. The summed E-state index contributed by atoms with van der Waals surface area (Å²) in [6.45, 7) is 12.6. The summed E-state index contributed by atoms with van der Waals surface area (Å²) in [7, 11) is 4.54. The number of carbonyl (C=O) groups excluding carboxylic acids is 7. The van der Waals surface area contributed by atoms with Crippen LogP contribution < -0.4 is 43.1 Å². The lowest BCUT2D eigenvalue weighted by atomic mass is 9.78. The van der Waals surface area contributed by atoms with Crippen molar-refractivity contribution < 1.29 is 115 Å². The molecule has 4 aliphatic rings. The molecule has 470 valence electrons. The van der Waals surface area contributed by atoms with Crippen LogP contribution >= 0.6 is 0 Å². The number of esters is 3. The van der Waals surface area contributed by atoms with Crippen molar-refractivity contribution in [2.24, 2.45) is 35.5 Å². The third-order valence-electron chi connectivity index (χ3n) is 17.1. The van der Waals surface area contributed by atoms with Gasteiger partial charge >= 0.3 is 17.9 Å². The molecule has 2 aromatic heterocycles. The third-order valence-corrected chi connectivity index (χ3v) is 17.1. The Bertz CT molecular complexity index is 2650. The number of methoxy groups -OCH3 is 3. The van der Waals surface area contributed by atoms with Gasteiger partial charge in [0, 0.05) is 82.7 Å². The number of Topliss-reactive ketones (excluding diaryl/α,β-unsaturated/α-hetero) is 3. The number of pyridine rings is 2. The highest BCUT2D eigenvalue weighted by atomic mass is 79.9. The first kappa shape index (κ1) is 72.4. The summed E-state index contributed by atoms with van der Waals surface area (Å²) in [6.07, 6.45) is 17.5. The van der Waals surface area contributed by atoms with Crippen LogP contribution in [0.15, 0.2) is 109 Å². The van der Waals surface area contributed by atoms with E-state index in [2.05, 4.69) is 0 Å². The fraction of sp³-hybridized carbons (Fsp3) is 0.615. The van der Waals surface area contributed by atoms with E-state index >= 15 is 0 Å². The minimum Gasteiger partial charge on any atom is -1.00 e. The molecule has 85 heavy (non-hydrogen) atoms. The van der Waals surface area contributed by atoms with Crippen LogP contribution in [0, 0.1) is 35.5 Å². The first-order valence-corrected chi connectivity index (χ1v) is 29.7. The second kappa shape index (κ2) is 35.0. The van der Waals surface area contributed by atoms with Crippen LogP contribution in [0.5, 0.6) is 0 Å². The number of allylic oxidation sites excluding steroid dienone is 6. The fourth-order valence-corrected chi connectivity index (χ4v) is 12.1. The highest BCUT2D eigenvalue weighted by Gasteiger charge is 2.53. The Hall–Kier alpha value is -5.09. The highest BCUT2D eigenvalue weighted by molar-refractivity contribution is 6.39. The maximum absolute atomic E-state index is 14.8. The van der Waals surface area contributed by atoms with Crippen LogP contribution in [-0.2, 0) is 79.8 Å². The molecule has 2 aromatic rings. The summed E-state index contributed by atoms with van der Waals surface area (Å²) < 4.78 is 45.9. The molecule has 0 unspecified atom stereocenters. The summed E-state index contributed by atoms with van der Waals surface area (Å²) >= 11 is 0. The predicted octanol–water partition coefficient (Wildman–Crippen LogP) is 1.27. The van der Waals surface area contributed by atoms with Crippen molar-refractivity contribution in [1.82, 2.24) is 4.90 Å². The number of halogens is 2. The van der Waals surface area contributed by atoms with Gasteiger partial charge in [0.25, 0.3) is 11.7 Å². The first-order chi connectivity index (χ1) is 39.6. The molecule has 3 fully saturated rings. The number of ketones is 3. The van der Waals surface area contributed by atoms with E-state index in [0.717, 1.165) is 5.57 Å². The second-order valence-corrected chi connectivity index (χ2v) is 23.6. The van der Waals surface area contributed by atoms with Crippen molar-refractivity contribution in [1.29, 1.82) is 0 Å². The molecule has 20 heteroatoms. The zero-order valence-electron chi connectivity index (χ0n) is 51.2. The average molecular weight is 1310 g/mol. The standard InChI is InChI=1S/C65H91N3O15.2BrH/c1-42-22-14-11-15-23-43(2)54(77-8)38-50-27-25-48(7)65(76,83-50)62(73)63(74)68-33-21-16-24-51(68)64(75)81-55(45(4)36-49-26-28-53(56(37-49)78-9)80-57(70)40-66-29-17-12-18-30-66)39-52(69)44(3)35-47(6)60(61(79-10)59(72)46(5)34-42)82-58(71)41-67-31-19-13-20-32-67;;/h11-15,17-20,22-23,29-32,35,42,44-46,48-51,53-56,60-61,76H,16,21,24-28,33-34,36-41H2,1-10H3;2*1H/q+2;;/p-2/b15-11+,22-14+,43-23+,47-35+;;/t42-,44-,45-,46-,48-,49+,50+,51+,53-,54+,55+,56-,60-,61+,65-;;/m1../s1. The van der Waals surface area contributed by atoms with Gasteiger partial charge in [0.15, 0.2) is 42.8 Å². The molecular formula is C65H91Br2N3O15. The normalized spacial score (nSPS) is 33.1. The SMILES string of the molecule is CO[C@H]1C[C@@H]2CC[C@@H](C)[C@@](O)(O2)C(=O)C(=O)N2CCCC[C@H]2C(=O)O[C@H]([C@H](C)C[C@@H]2CC[C@@H](OC(=O)C[n+]3ccccc3)[C@H](OC)C2)CC(=O)[C@H](C)/C=C(\C)[C@@H](OC(=O)C[n+]2ccccc2)[C@@H](OC)C(=O)[C@H](C)C[C@H](C)/C=C/C=C/C=C/1C.[Br-].[Br-]. The van der Waals surface area contributed by atoms with Gasteiger partial charge in [-0.2, -0.15) is 9.13 Å². The van der Waals surface area contributed by atoms with Crippen LogP contribution in [0.1, 0.15) is 126 Å². The van der Waals surface area contributed by atoms with Gasteiger partial charge in [0.1, 0.15) is 24.0 Å². The Balaban J connectivity index is 0.00000774. The molecule has 2 saturated heterocycles. The molecule has 1 aliphatic carbocycles. The van der Waals surface area contributed by atoms with Crippen LogP contribution in [0.2, 0.25) is 0 Å². The van der Waals surface area contributed by atoms with Gasteiger partial charge in [-0.15, -0.1) is 0 Å². The smallest absolute Gasteiger partial charge is 0.373 e. The molecule has 18 nitrogen and oxygen atoms in total. The van der Waals surface area contributed by atoms with Gasteiger partial charge in [-0.1, -0.05) is 83.2 Å². The van der Waals surface area contributed by atoms with Crippen molar-refractivity contribution in [3.05, 3.63) is 109 Å². The second-order valence-electron chi connectivity index (χ2n) is 23.6. The molecule has 3 aliphatic heterocycles. The number of aromatic nitrogens is 2. The summed E-state index contributed by atoms with van der Waals surface area (Å²) in [5.74, 6) is -9.71. The van der Waals surface area contributed by atoms with E-state index in [1.54, 1.807) is 87.1 Å². The number of cyclic esters (lactones) is 1. The number of ether oxygens (including phenoxy) is 7. The molecule has 5 heterocycles. The number of piperidine rings is 1. The highest BCUT2D eigenvalue weighted by Crippen LogP contribution is 2.38. The zero-order valence-corrected chi connectivity index (χ0v) is 54.4. The van der Waals surface area contributed by atoms with Crippen molar-refractivity contribution in [3.63, 3.8) is 0 Å². The Kier molecular flexibility index (Phi) is 29.8. The summed E-state index contributed by atoms with van der Waals surface area (Å²) in [5.41, 5.74) is 1.26. The number of fused-ring (bicyclic) bond motifs is 3. The van der Waals surface area contributed by atoms with E-state index in [0.29, 0.717) is 63.4 Å². The molecule has 0 spiro atoms. The minimum absolute atomic E-state index is 0. The van der Waals surface area contributed by atoms with Crippen LogP contribution in [-0.4, -0.2) is 134 Å². The van der Waals surface area contributed by atoms with Crippen molar-refractivity contribution in [3.8, 4) is 0 Å². The van der Waals surface area contributed by atoms with Crippen molar-refractivity contribution in [2.75, 3.05) is 27.9 Å². The largest absolute Gasteiger partial charge is 1.00 e. The monoisotopic (exact) mass is 1310 g/mol. The Morgan fingerprint density at radius 2 is 1.38 bits per heavy atom. The quantitative estimate of drug-likeness (QED) is 0.104. The summed E-state index contributed by atoms with van der Waals surface area (Å²) in [6, 6.07) is 9.71. The number of hydrogen-bond donors (Lipinski definition) is 1. The first-order valence-electron chi connectivity index (χ1n) is 29.7. The van der Waals surface area contributed by atoms with E-state index in [9.17, 15) is 38.7 Å². The molecule has 0 radical (unpaired) electrons. The van der Waals surface area contributed by atoms with Crippen molar-refractivity contribution in [2.45, 2.75) is 193 Å². The molecular weight excluding hydrogens is 1220 g/mol. The van der Waals surface area contributed by atoms with Gasteiger partial charge in [-0.3, -0.25) is 19.2 Å². The molecule has 1 N–H and O–H groups in total. The van der Waals surface area contributed by atoms with Gasteiger partial charge in [-0.05, 0) is 107 Å². The Morgan fingerprint density at radius 3 is 2.00 bits per heavy atom. The topological polar surface area (TPSA) is 215 Å². The molecule has 2 bridgehead atoms. The lowest BCUT2D eigenvalue weighted by molar-refractivity contribution is -0.686. The van der Waals surface area contributed by atoms with Crippen LogP contribution in [0.25, 0.3) is 0 Å². The number of rotatable bonds is 12. The Morgan fingerprint density at radius 1 is 0.729 bits per heavy atom. The fourth-order valence-electron chi connectivity index (χ4n) is 12.1. The van der Waals surface area contributed by atoms with Gasteiger partial charge in [0.05, 0.1) is 18.3 Å². The van der Waals surface area contributed by atoms with Gasteiger partial charge in [-0.25, -0.2) is 14.4 Å². The Labute approximate surface area is 523 Å². The maximum Gasteiger partial charge on any atom is 0.373 e. The van der Waals surface area contributed by atoms with E-state index < -0.39 is 102 Å². The van der Waals surface area contributed by atoms with Gasteiger partial charge < -0.3 is 77.1 Å². The van der Waals surface area contributed by atoms with Gasteiger partial charge in [0.2, 0.25) is 18.9 Å². The lowest BCUT2D eigenvalue weighted by Crippen LogP contribution is -3.00. The molecule has 1 saturated carbocycles. The van der Waals surface area contributed by atoms with E-state index in [4.69, 9.17) is 33.2 Å². The van der Waals surface area contributed by atoms with Crippen LogP contribution in [0.3, 0.4) is 0 Å². The summed E-state index contributed by atoms with van der Waals surface area (Å²) in [4.78, 5) is 101. The molecule has 0 aromatic carbocycles. The van der Waals surface area contributed by atoms with E-state index in [-0.39, 0.29) is 102 Å². The minimum atomic E-state index is -2.47. The van der Waals surface area contributed by atoms with Crippen LogP contribution in [0.4, 0.5) is 0 Å². The number of aliphatic hydroxyl groups is 1. The third kappa shape index (κ3) is 20.5. The summed E-state index contributed by atoms with van der Waals surface area (Å²) in [5, 5.41) is 12.1. The van der Waals surface area contributed by atoms with E-state index in [1.807, 2.05) is 82.3 Å². The number of amides is 1. The lowest BCUT2D eigenvalue weighted by Gasteiger charge is -2.42. The molecule has 6 rings (SSSR count).